The van der Waals surface area contributed by atoms with Gasteiger partial charge in [-0.3, -0.25) is 4.79 Å². The molecule has 1 aromatic rings. The lowest BCUT2D eigenvalue weighted by Gasteiger charge is -2.17. The molecule has 0 unspecified atom stereocenters. The van der Waals surface area contributed by atoms with Crippen LogP contribution in [0.2, 0.25) is 0 Å². The molecule has 118 valence electrons. The van der Waals surface area contributed by atoms with Crippen LogP contribution in [0.25, 0.3) is 0 Å². The molecule has 1 amide bonds. The van der Waals surface area contributed by atoms with Crippen molar-refractivity contribution in [3.63, 3.8) is 0 Å². The third-order valence-electron chi connectivity index (χ3n) is 3.14. The summed E-state index contributed by atoms with van der Waals surface area (Å²) in [5.41, 5.74) is 1.05. The number of carbonyl (C=O) groups excluding carboxylic acids is 1. The number of nitrogens with one attached hydrogen (secondary N) is 1. The minimum atomic E-state index is -0.0125. The molecule has 0 spiro atoms. The second-order valence-corrected chi connectivity index (χ2v) is 6.39. The van der Waals surface area contributed by atoms with Gasteiger partial charge in [-0.25, -0.2) is 0 Å². The van der Waals surface area contributed by atoms with E-state index in [0.717, 1.165) is 28.9 Å². The Balaban J connectivity index is 2.66. The number of rotatable bonds is 8. The maximum absolute atomic E-state index is 11.8. The molecule has 0 saturated carbocycles. The first-order valence-corrected chi connectivity index (χ1v) is 8.09. The SMILES string of the molecule is CCN(C)C(=O)COc1ccc(Br)cc1CNCC(C)C. The van der Waals surface area contributed by atoms with E-state index in [1.165, 1.54) is 0 Å². The molecule has 0 aliphatic heterocycles. The summed E-state index contributed by atoms with van der Waals surface area (Å²) in [7, 11) is 1.78. The van der Waals surface area contributed by atoms with Crippen molar-refractivity contribution in [1.29, 1.82) is 0 Å². The Morgan fingerprint density at radius 1 is 1.43 bits per heavy atom. The molecular weight excluding hydrogens is 332 g/mol. The number of carbonyl (C=O) groups is 1. The van der Waals surface area contributed by atoms with E-state index < -0.39 is 0 Å². The minimum absolute atomic E-state index is 0.0125. The first-order valence-electron chi connectivity index (χ1n) is 7.30. The summed E-state index contributed by atoms with van der Waals surface area (Å²) in [6, 6.07) is 5.85. The number of likely N-dealkylation sites (N-methyl/N-ethyl adjacent to an activating group) is 1. The average Bonchev–Trinajstić information content (AvgIpc) is 2.44. The molecule has 0 radical (unpaired) electrons. The minimum Gasteiger partial charge on any atom is -0.483 e. The standard InChI is InChI=1S/C16H25BrN2O2/c1-5-19(4)16(20)11-21-15-7-6-14(17)8-13(15)10-18-9-12(2)3/h6-8,12,18H,5,9-11H2,1-4H3. The maximum atomic E-state index is 11.8. The summed E-state index contributed by atoms with van der Waals surface area (Å²) in [6.45, 7) is 8.72. The van der Waals surface area contributed by atoms with E-state index >= 15 is 0 Å². The van der Waals surface area contributed by atoms with E-state index in [9.17, 15) is 4.79 Å². The van der Waals surface area contributed by atoms with E-state index in [-0.39, 0.29) is 12.5 Å². The number of halogens is 1. The van der Waals surface area contributed by atoms with Crippen molar-refractivity contribution in [1.82, 2.24) is 10.2 Å². The van der Waals surface area contributed by atoms with E-state index in [0.29, 0.717) is 12.5 Å². The van der Waals surface area contributed by atoms with Crippen LogP contribution < -0.4 is 10.1 Å². The number of hydrogen-bond acceptors (Lipinski definition) is 3. The van der Waals surface area contributed by atoms with Crippen LogP contribution in [0.4, 0.5) is 0 Å². The Bertz CT molecular complexity index is 464. The lowest BCUT2D eigenvalue weighted by Crippen LogP contribution is -2.31. The Hall–Kier alpha value is -1.07. The predicted molar refractivity (Wildman–Crippen MR) is 89.5 cm³/mol. The van der Waals surface area contributed by atoms with Gasteiger partial charge in [0, 0.05) is 30.2 Å². The van der Waals surface area contributed by atoms with Gasteiger partial charge in [-0.1, -0.05) is 29.8 Å². The largest absolute Gasteiger partial charge is 0.483 e. The predicted octanol–water partition coefficient (Wildman–Crippen LogP) is 3.05. The molecule has 0 aromatic heterocycles. The first-order chi connectivity index (χ1) is 9.93. The highest BCUT2D eigenvalue weighted by atomic mass is 79.9. The number of ether oxygens (including phenoxy) is 1. The average molecular weight is 357 g/mol. The van der Waals surface area contributed by atoms with Crippen molar-refractivity contribution in [3.8, 4) is 5.75 Å². The number of benzene rings is 1. The second-order valence-electron chi connectivity index (χ2n) is 5.47. The molecule has 0 fully saturated rings. The summed E-state index contributed by atoms with van der Waals surface area (Å²) < 4.78 is 6.69. The fraction of sp³-hybridized carbons (Fsp3) is 0.562. The van der Waals surface area contributed by atoms with E-state index in [2.05, 4.69) is 35.1 Å². The van der Waals surface area contributed by atoms with Gasteiger partial charge in [0.2, 0.25) is 0 Å². The first kappa shape index (κ1) is 18.0. The molecule has 0 atom stereocenters. The zero-order valence-corrected chi connectivity index (χ0v) is 14.9. The Labute approximate surface area is 136 Å². The topological polar surface area (TPSA) is 41.6 Å². The number of nitrogens with zero attached hydrogens (tertiary/aromatic N) is 1. The van der Waals surface area contributed by atoms with Crippen LogP contribution in [-0.2, 0) is 11.3 Å². The van der Waals surface area contributed by atoms with Crippen LogP contribution in [-0.4, -0.2) is 37.6 Å². The van der Waals surface area contributed by atoms with Crippen molar-refractivity contribution >= 4 is 21.8 Å². The van der Waals surface area contributed by atoms with Crippen molar-refractivity contribution < 1.29 is 9.53 Å². The maximum Gasteiger partial charge on any atom is 0.260 e. The smallest absolute Gasteiger partial charge is 0.260 e. The van der Waals surface area contributed by atoms with Crippen LogP contribution in [0.1, 0.15) is 26.3 Å². The molecule has 21 heavy (non-hydrogen) atoms. The molecule has 1 rings (SSSR count). The van der Waals surface area contributed by atoms with Gasteiger partial charge in [0.05, 0.1) is 0 Å². The van der Waals surface area contributed by atoms with Crippen LogP contribution in [0.5, 0.6) is 5.75 Å². The fourth-order valence-corrected chi connectivity index (χ4v) is 2.16. The van der Waals surface area contributed by atoms with E-state index in [1.807, 2.05) is 25.1 Å². The summed E-state index contributed by atoms with van der Waals surface area (Å²) in [4.78, 5) is 13.5. The van der Waals surface area contributed by atoms with Gasteiger partial charge in [0.1, 0.15) is 5.75 Å². The van der Waals surface area contributed by atoms with Crippen LogP contribution in [0.3, 0.4) is 0 Å². The molecule has 0 aliphatic rings. The number of amides is 1. The number of hydrogen-bond donors (Lipinski definition) is 1. The van der Waals surface area contributed by atoms with Crippen LogP contribution >= 0.6 is 15.9 Å². The summed E-state index contributed by atoms with van der Waals surface area (Å²) in [5.74, 6) is 1.34. The molecule has 5 heteroatoms. The summed E-state index contributed by atoms with van der Waals surface area (Å²) in [5, 5.41) is 3.39. The lowest BCUT2D eigenvalue weighted by atomic mass is 10.2. The summed E-state index contributed by atoms with van der Waals surface area (Å²) >= 11 is 3.47. The van der Waals surface area contributed by atoms with Crippen LogP contribution in [0, 0.1) is 5.92 Å². The van der Waals surface area contributed by atoms with Crippen molar-refractivity contribution in [2.75, 3.05) is 26.7 Å². The highest BCUT2D eigenvalue weighted by molar-refractivity contribution is 9.10. The van der Waals surface area contributed by atoms with Gasteiger partial charge in [0.25, 0.3) is 5.91 Å². The van der Waals surface area contributed by atoms with Gasteiger partial charge >= 0.3 is 0 Å². The zero-order chi connectivity index (χ0) is 15.8. The molecule has 0 bridgehead atoms. The third-order valence-corrected chi connectivity index (χ3v) is 3.64. The van der Waals surface area contributed by atoms with Gasteiger partial charge in [0.15, 0.2) is 6.61 Å². The molecule has 0 saturated heterocycles. The van der Waals surface area contributed by atoms with Crippen LogP contribution in [0.15, 0.2) is 22.7 Å². The highest BCUT2D eigenvalue weighted by Gasteiger charge is 2.10. The van der Waals surface area contributed by atoms with Gasteiger partial charge in [-0.2, -0.15) is 0 Å². The van der Waals surface area contributed by atoms with Crippen molar-refractivity contribution in [2.24, 2.45) is 5.92 Å². The van der Waals surface area contributed by atoms with Gasteiger partial charge < -0.3 is 15.0 Å². The van der Waals surface area contributed by atoms with E-state index in [4.69, 9.17) is 4.74 Å². The monoisotopic (exact) mass is 356 g/mol. The van der Waals surface area contributed by atoms with Gasteiger partial charge in [-0.15, -0.1) is 0 Å². The highest BCUT2D eigenvalue weighted by Crippen LogP contribution is 2.23. The molecular formula is C16H25BrN2O2. The Kier molecular flexibility index (Phi) is 7.75. The molecule has 1 aromatic carbocycles. The second kappa shape index (κ2) is 9.05. The molecule has 4 nitrogen and oxygen atoms in total. The Morgan fingerprint density at radius 3 is 2.76 bits per heavy atom. The third kappa shape index (κ3) is 6.48. The fourth-order valence-electron chi connectivity index (χ4n) is 1.75. The van der Waals surface area contributed by atoms with Crippen molar-refractivity contribution in [2.45, 2.75) is 27.3 Å². The Morgan fingerprint density at radius 2 is 2.14 bits per heavy atom. The zero-order valence-electron chi connectivity index (χ0n) is 13.3. The molecule has 0 aliphatic carbocycles. The quantitative estimate of drug-likeness (QED) is 0.778. The summed E-state index contributed by atoms with van der Waals surface area (Å²) in [6.07, 6.45) is 0. The van der Waals surface area contributed by atoms with E-state index in [1.54, 1.807) is 11.9 Å². The lowest BCUT2D eigenvalue weighted by molar-refractivity contribution is -0.131. The normalized spacial score (nSPS) is 10.8. The molecule has 0 heterocycles. The van der Waals surface area contributed by atoms with Gasteiger partial charge in [-0.05, 0) is 37.6 Å². The van der Waals surface area contributed by atoms with Crippen molar-refractivity contribution in [3.05, 3.63) is 28.2 Å². The molecule has 1 N–H and O–H groups in total.